The van der Waals surface area contributed by atoms with Gasteiger partial charge in [-0.05, 0) is 72.6 Å². The van der Waals surface area contributed by atoms with Gasteiger partial charge in [-0.2, -0.15) is 0 Å². The Morgan fingerprint density at radius 2 is 1.84 bits per heavy atom. The minimum absolute atomic E-state index is 0.175. The van der Waals surface area contributed by atoms with Crippen LogP contribution in [-0.2, 0) is 0 Å². The first-order chi connectivity index (χ1) is 18.0. The number of unbranched alkanes of at least 4 members (excludes halogenated alkanes) is 1. The quantitative estimate of drug-likeness (QED) is 0.167. The molecule has 0 radical (unpaired) electrons. The number of anilines is 1. The molecule has 0 bridgehead atoms. The SMILES string of the molecule is CCCCOc1cccc(C(=O)NC(=S)Nc2ccc3oc(-c4cccc5c(Cl)cccc45)nc3c2)c1. The monoisotopic (exact) mass is 529 g/mol. The number of halogens is 1. The second-order valence-electron chi connectivity index (χ2n) is 8.48. The third-order valence-electron chi connectivity index (χ3n) is 5.83. The van der Waals surface area contributed by atoms with E-state index in [9.17, 15) is 4.79 Å². The topological polar surface area (TPSA) is 76.4 Å². The molecule has 4 aromatic carbocycles. The lowest BCUT2D eigenvalue weighted by molar-refractivity contribution is 0.0977. The van der Waals surface area contributed by atoms with Crippen molar-refractivity contribution in [3.05, 3.63) is 89.4 Å². The van der Waals surface area contributed by atoms with Crippen molar-refractivity contribution in [1.29, 1.82) is 0 Å². The van der Waals surface area contributed by atoms with E-state index in [-0.39, 0.29) is 11.0 Å². The molecule has 8 heteroatoms. The Morgan fingerprint density at radius 3 is 2.70 bits per heavy atom. The van der Waals surface area contributed by atoms with Crippen LogP contribution in [0.4, 0.5) is 5.69 Å². The molecule has 0 spiro atoms. The fourth-order valence-electron chi connectivity index (χ4n) is 3.98. The lowest BCUT2D eigenvalue weighted by Crippen LogP contribution is -2.34. The molecule has 2 N–H and O–H groups in total. The predicted octanol–water partition coefficient (Wildman–Crippen LogP) is 7.61. The van der Waals surface area contributed by atoms with Gasteiger partial charge in [0.05, 0.1) is 6.61 Å². The molecule has 1 aromatic heterocycles. The van der Waals surface area contributed by atoms with E-state index >= 15 is 0 Å². The largest absolute Gasteiger partial charge is 0.494 e. The normalized spacial score (nSPS) is 11.0. The average molecular weight is 530 g/mol. The Balaban J connectivity index is 1.30. The molecule has 37 heavy (non-hydrogen) atoms. The second-order valence-corrected chi connectivity index (χ2v) is 9.30. The van der Waals surface area contributed by atoms with Crippen molar-refractivity contribution in [3.8, 4) is 17.2 Å². The Labute approximate surface area is 224 Å². The van der Waals surface area contributed by atoms with Gasteiger partial charge in [-0.3, -0.25) is 10.1 Å². The number of nitrogens with zero attached hydrogens (tertiary/aromatic N) is 1. The van der Waals surface area contributed by atoms with Gasteiger partial charge in [-0.25, -0.2) is 4.98 Å². The summed E-state index contributed by atoms with van der Waals surface area (Å²) in [7, 11) is 0. The van der Waals surface area contributed by atoms with Gasteiger partial charge in [0.2, 0.25) is 5.89 Å². The molecule has 0 saturated carbocycles. The molecule has 1 heterocycles. The molecule has 0 atom stereocenters. The fourth-order valence-corrected chi connectivity index (χ4v) is 4.43. The maximum Gasteiger partial charge on any atom is 0.257 e. The van der Waals surface area contributed by atoms with E-state index in [4.69, 9.17) is 33.0 Å². The van der Waals surface area contributed by atoms with Crippen molar-refractivity contribution in [1.82, 2.24) is 10.3 Å². The smallest absolute Gasteiger partial charge is 0.257 e. The van der Waals surface area contributed by atoms with Gasteiger partial charge in [0.1, 0.15) is 11.3 Å². The van der Waals surface area contributed by atoms with E-state index in [0.717, 1.165) is 29.2 Å². The number of hydrogen-bond acceptors (Lipinski definition) is 5. The second kappa shape index (κ2) is 11.0. The summed E-state index contributed by atoms with van der Waals surface area (Å²) < 4.78 is 11.7. The summed E-state index contributed by atoms with van der Waals surface area (Å²) in [6.07, 6.45) is 2.00. The zero-order chi connectivity index (χ0) is 25.8. The zero-order valence-corrected chi connectivity index (χ0v) is 21.7. The van der Waals surface area contributed by atoms with Crippen LogP contribution in [-0.4, -0.2) is 22.6 Å². The summed E-state index contributed by atoms with van der Waals surface area (Å²) in [5.74, 6) is 0.829. The molecule has 0 aliphatic rings. The van der Waals surface area contributed by atoms with Crippen molar-refractivity contribution in [3.63, 3.8) is 0 Å². The third kappa shape index (κ3) is 5.58. The Hall–Kier alpha value is -3.94. The van der Waals surface area contributed by atoms with Crippen molar-refractivity contribution in [2.24, 2.45) is 0 Å². The van der Waals surface area contributed by atoms with Crippen LogP contribution >= 0.6 is 23.8 Å². The first kappa shape index (κ1) is 24.7. The van der Waals surface area contributed by atoms with E-state index in [1.807, 2.05) is 60.7 Å². The molecule has 0 aliphatic carbocycles. The number of hydrogen-bond donors (Lipinski definition) is 2. The molecule has 1 amide bonds. The van der Waals surface area contributed by atoms with Gasteiger partial charge < -0.3 is 14.5 Å². The lowest BCUT2D eigenvalue weighted by Gasteiger charge is -2.10. The van der Waals surface area contributed by atoms with Crippen molar-refractivity contribution < 1.29 is 13.9 Å². The summed E-state index contributed by atoms with van der Waals surface area (Å²) in [6, 6.07) is 24.1. The lowest BCUT2D eigenvalue weighted by atomic mass is 10.0. The number of amides is 1. The van der Waals surface area contributed by atoms with Gasteiger partial charge >= 0.3 is 0 Å². The third-order valence-corrected chi connectivity index (χ3v) is 6.37. The van der Waals surface area contributed by atoms with Gasteiger partial charge in [-0.15, -0.1) is 0 Å². The van der Waals surface area contributed by atoms with Crippen LogP contribution in [0.25, 0.3) is 33.3 Å². The fraction of sp³-hybridized carbons (Fsp3) is 0.138. The van der Waals surface area contributed by atoms with Gasteiger partial charge in [-0.1, -0.05) is 55.3 Å². The van der Waals surface area contributed by atoms with Crippen LogP contribution in [0.5, 0.6) is 5.75 Å². The van der Waals surface area contributed by atoms with Crippen molar-refractivity contribution in [2.75, 3.05) is 11.9 Å². The Kier molecular flexibility index (Phi) is 7.35. The van der Waals surface area contributed by atoms with Crippen LogP contribution in [0.3, 0.4) is 0 Å². The summed E-state index contributed by atoms with van der Waals surface area (Å²) in [4.78, 5) is 17.4. The highest BCUT2D eigenvalue weighted by molar-refractivity contribution is 7.80. The summed E-state index contributed by atoms with van der Waals surface area (Å²) in [5.41, 5.74) is 3.29. The summed E-state index contributed by atoms with van der Waals surface area (Å²) in [5, 5.41) is 8.51. The predicted molar refractivity (Wildman–Crippen MR) is 152 cm³/mol. The number of ether oxygens (including phenoxy) is 1. The maximum atomic E-state index is 12.7. The Bertz CT molecular complexity index is 1620. The van der Waals surface area contributed by atoms with E-state index in [1.165, 1.54) is 0 Å². The minimum Gasteiger partial charge on any atom is -0.494 e. The van der Waals surface area contributed by atoms with Crippen molar-refractivity contribution in [2.45, 2.75) is 19.8 Å². The highest BCUT2D eigenvalue weighted by Crippen LogP contribution is 2.34. The number of carbonyl (C=O) groups excluding carboxylic acids is 1. The van der Waals surface area contributed by atoms with Gasteiger partial charge in [0.15, 0.2) is 10.7 Å². The number of thiocarbonyl (C=S) groups is 1. The minimum atomic E-state index is -0.321. The van der Waals surface area contributed by atoms with Crippen LogP contribution < -0.4 is 15.4 Å². The molecule has 0 fully saturated rings. The van der Waals surface area contributed by atoms with Crippen LogP contribution in [0, 0.1) is 0 Å². The molecule has 0 aliphatic heterocycles. The highest BCUT2D eigenvalue weighted by Gasteiger charge is 2.14. The number of carbonyl (C=O) groups is 1. The molecule has 0 unspecified atom stereocenters. The van der Waals surface area contributed by atoms with Crippen LogP contribution in [0.2, 0.25) is 5.02 Å². The summed E-state index contributed by atoms with van der Waals surface area (Å²) >= 11 is 11.7. The number of aromatic nitrogens is 1. The number of fused-ring (bicyclic) bond motifs is 2. The first-order valence-electron chi connectivity index (χ1n) is 12.0. The highest BCUT2D eigenvalue weighted by atomic mass is 35.5. The van der Waals surface area contributed by atoms with E-state index in [1.54, 1.807) is 18.2 Å². The number of oxazole rings is 1. The van der Waals surface area contributed by atoms with E-state index in [2.05, 4.69) is 22.5 Å². The standard InChI is InChI=1S/C29H24ClN3O3S/c1-2-3-15-35-20-8-4-7-18(16-20)27(34)33-29(37)31-19-13-14-26-25(17-19)32-28(36-26)23-11-5-10-22-21(23)9-6-12-24(22)30/h4-14,16-17H,2-3,15H2,1H3,(H2,31,33,34,37). The number of nitrogens with one attached hydrogen (secondary N) is 2. The summed E-state index contributed by atoms with van der Waals surface area (Å²) in [6.45, 7) is 2.71. The number of benzene rings is 4. The first-order valence-corrected chi connectivity index (χ1v) is 12.7. The zero-order valence-electron chi connectivity index (χ0n) is 20.1. The molecule has 0 saturated heterocycles. The van der Waals surface area contributed by atoms with Crippen LogP contribution in [0.1, 0.15) is 30.1 Å². The van der Waals surface area contributed by atoms with Gasteiger partial charge in [0.25, 0.3) is 5.91 Å². The molecule has 186 valence electrons. The number of rotatable bonds is 7. The molecular formula is C29H24ClN3O3S. The molecule has 6 nitrogen and oxygen atoms in total. The van der Waals surface area contributed by atoms with Crippen LogP contribution in [0.15, 0.2) is 83.3 Å². The van der Waals surface area contributed by atoms with Crippen molar-refractivity contribution >= 4 is 62.4 Å². The molecule has 5 aromatic rings. The maximum absolute atomic E-state index is 12.7. The van der Waals surface area contributed by atoms with Gasteiger partial charge in [0, 0.05) is 27.2 Å². The average Bonchev–Trinajstić information content (AvgIpc) is 3.32. The molecular weight excluding hydrogens is 506 g/mol. The van der Waals surface area contributed by atoms with E-state index in [0.29, 0.717) is 45.6 Å². The molecule has 5 rings (SSSR count). The Morgan fingerprint density at radius 1 is 1.03 bits per heavy atom. The van der Waals surface area contributed by atoms with E-state index < -0.39 is 0 Å².